The van der Waals surface area contributed by atoms with Crippen LogP contribution in [0.5, 0.6) is 0 Å². The first kappa shape index (κ1) is 20.9. The largest absolute Gasteiger partial charge is 0.421 e. The fraction of sp³-hybridized carbons (Fsp3) is 0.545. The third kappa shape index (κ3) is 3.73. The van der Waals surface area contributed by atoms with E-state index in [-0.39, 0.29) is 23.9 Å². The van der Waals surface area contributed by atoms with Crippen LogP contribution in [-0.4, -0.2) is 64.3 Å². The SMILES string of the molecule is COCc1nnc(C2CC3(CCN(C(=O)Cn4c(=O)oc5ccccc54)CC3)CN2C)o1. The summed E-state index contributed by atoms with van der Waals surface area (Å²) in [4.78, 5) is 29.3. The molecule has 2 fully saturated rings. The van der Waals surface area contributed by atoms with E-state index < -0.39 is 5.76 Å². The lowest BCUT2D eigenvalue weighted by atomic mass is 9.76. The smallest absolute Gasteiger partial charge is 0.420 e. The van der Waals surface area contributed by atoms with E-state index in [1.807, 2.05) is 11.0 Å². The van der Waals surface area contributed by atoms with Gasteiger partial charge in [-0.05, 0) is 43.9 Å². The molecular formula is C22H27N5O5. The summed E-state index contributed by atoms with van der Waals surface area (Å²) < 4.78 is 17.5. The number of hydrogen-bond donors (Lipinski definition) is 0. The highest BCUT2D eigenvalue weighted by Crippen LogP contribution is 2.48. The van der Waals surface area contributed by atoms with Crippen LogP contribution in [0.4, 0.5) is 0 Å². The summed E-state index contributed by atoms with van der Waals surface area (Å²) in [6.45, 7) is 2.56. The third-order valence-corrected chi connectivity index (χ3v) is 6.82. The maximum absolute atomic E-state index is 12.9. The molecule has 1 atom stereocenters. The van der Waals surface area contributed by atoms with Gasteiger partial charge in [-0.2, -0.15) is 0 Å². The quantitative estimate of drug-likeness (QED) is 0.590. The van der Waals surface area contributed by atoms with Crippen molar-refractivity contribution >= 4 is 17.0 Å². The van der Waals surface area contributed by atoms with E-state index >= 15 is 0 Å². The first-order valence-electron chi connectivity index (χ1n) is 10.9. The van der Waals surface area contributed by atoms with Gasteiger partial charge in [0, 0.05) is 26.7 Å². The predicted octanol–water partition coefficient (Wildman–Crippen LogP) is 1.81. The molecule has 0 saturated carbocycles. The van der Waals surface area contributed by atoms with Crippen LogP contribution < -0.4 is 5.76 Å². The van der Waals surface area contributed by atoms with Crippen molar-refractivity contribution in [2.45, 2.75) is 38.5 Å². The first-order valence-corrected chi connectivity index (χ1v) is 10.9. The fourth-order valence-electron chi connectivity index (χ4n) is 5.12. The van der Waals surface area contributed by atoms with Crippen LogP contribution in [0.2, 0.25) is 0 Å². The normalized spacial score (nSPS) is 21.1. The number of likely N-dealkylation sites (tertiary alicyclic amines) is 2. The standard InChI is InChI=1S/C22H27N5O5/c1-25-14-22(11-16(25)20-24-23-18(32-20)13-30-2)7-9-26(10-8-22)19(28)12-27-15-5-3-4-6-17(15)31-21(27)29/h3-6,16H,7-14H2,1-2H3. The number of methoxy groups -OCH3 is 1. The summed E-state index contributed by atoms with van der Waals surface area (Å²) in [5.74, 6) is 0.554. The summed E-state index contributed by atoms with van der Waals surface area (Å²) in [7, 11) is 3.68. The zero-order chi connectivity index (χ0) is 22.3. The van der Waals surface area contributed by atoms with E-state index in [2.05, 4.69) is 22.1 Å². The molecule has 0 radical (unpaired) electrons. The Morgan fingerprint density at radius 3 is 2.78 bits per heavy atom. The molecule has 0 N–H and O–H groups in total. The first-order chi connectivity index (χ1) is 15.5. The molecule has 2 aliphatic heterocycles. The zero-order valence-corrected chi connectivity index (χ0v) is 18.3. The van der Waals surface area contributed by atoms with Gasteiger partial charge in [0.2, 0.25) is 17.7 Å². The second-order valence-corrected chi connectivity index (χ2v) is 8.90. The van der Waals surface area contributed by atoms with E-state index in [1.165, 1.54) is 4.57 Å². The molecule has 1 aromatic carbocycles. The van der Waals surface area contributed by atoms with Gasteiger partial charge in [0.1, 0.15) is 13.2 Å². The Balaban J connectivity index is 1.23. The lowest BCUT2D eigenvalue weighted by Gasteiger charge is -2.39. The molecule has 5 rings (SSSR count). The fourth-order valence-corrected chi connectivity index (χ4v) is 5.12. The van der Waals surface area contributed by atoms with Gasteiger partial charge < -0.3 is 18.5 Å². The number of piperidine rings is 1. The molecule has 10 nitrogen and oxygen atoms in total. The van der Waals surface area contributed by atoms with Crippen molar-refractivity contribution in [1.29, 1.82) is 0 Å². The minimum Gasteiger partial charge on any atom is -0.421 e. The van der Waals surface area contributed by atoms with E-state index in [1.54, 1.807) is 25.3 Å². The minimum atomic E-state index is -0.499. The minimum absolute atomic E-state index is 0.00433. The average molecular weight is 441 g/mol. The Bertz CT molecular complexity index is 1170. The van der Waals surface area contributed by atoms with Crippen molar-refractivity contribution in [3.05, 3.63) is 46.6 Å². The van der Waals surface area contributed by atoms with Crippen molar-refractivity contribution in [2.24, 2.45) is 5.41 Å². The van der Waals surface area contributed by atoms with Crippen LogP contribution in [0.3, 0.4) is 0 Å². The zero-order valence-electron chi connectivity index (χ0n) is 18.3. The van der Waals surface area contributed by atoms with Crippen LogP contribution in [0.25, 0.3) is 11.1 Å². The molecule has 0 aliphatic carbocycles. The van der Waals surface area contributed by atoms with Gasteiger partial charge in [-0.15, -0.1) is 10.2 Å². The van der Waals surface area contributed by atoms with Crippen molar-refractivity contribution in [3.8, 4) is 0 Å². The average Bonchev–Trinajstić information content (AvgIpc) is 3.45. The van der Waals surface area contributed by atoms with E-state index in [0.29, 0.717) is 42.6 Å². The van der Waals surface area contributed by atoms with Gasteiger partial charge in [0.25, 0.3) is 0 Å². The number of ether oxygens (including phenoxy) is 1. The highest BCUT2D eigenvalue weighted by atomic mass is 16.5. The molecule has 2 aliphatic rings. The molecule has 1 spiro atoms. The lowest BCUT2D eigenvalue weighted by Crippen LogP contribution is -2.45. The van der Waals surface area contributed by atoms with Crippen LogP contribution >= 0.6 is 0 Å². The molecule has 2 saturated heterocycles. The van der Waals surface area contributed by atoms with Crippen molar-refractivity contribution < 1.29 is 18.4 Å². The summed E-state index contributed by atoms with van der Waals surface area (Å²) >= 11 is 0. The number of amides is 1. The Labute approximate surface area is 184 Å². The number of aromatic nitrogens is 3. The summed E-state index contributed by atoms with van der Waals surface area (Å²) in [6, 6.07) is 7.24. The second-order valence-electron chi connectivity index (χ2n) is 8.90. The monoisotopic (exact) mass is 441 g/mol. The number of hydrogen-bond acceptors (Lipinski definition) is 8. The molecule has 2 aromatic heterocycles. The lowest BCUT2D eigenvalue weighted by molar-refractivity contribution is -0.134. The van der Waals surface area contributed by atoms with Gasteiger partial charge in [-0.3, -0.25) is 14.3 Å². The number of carbonyl (C=O) groups is 1. The van der Waals surface area contributed by atoms with Crippen molar-refractivity contribution in [2.75, 3.05) is 33.8 Å². The molecule has 32 heavy (non-hydrogen) atoms. The van der Waals surface area contributed by atoms with Gasteiger partial charge in [0.05, 0.1) is 11.6 Å². The molecule has 1 unspecified atom stereocenters. The van der Waals surface area contributed by atoms with Crippen LogP contribution in [0, 0.1) is 5.41 Å². The number of fused-ring (bicyclic) bond motifs is 1. The Hall–Kier alpha value is -2.98. The topological polar surface area (TPSA) is 107 Å². The van der Waals surface area contributed by atoms with Gasteiger partial charge >= 0.3 is 5.76 Å². The molecular weight excluding hydrogens is 414 g/mol. The molecule has 0 bridgehead atoms. The highest BCUT2D eigenvalue weighted by Gasteiger charge is 2.47. The van der Waals surface area contributed by atoms with E-state index in [0.717, 1.165) is 25.8 Å². The molecule has 10 heteroatoms. The Morgan fingerprint density at radius 2 is 2.00 bits per heavy atom. The van der Waals surface area contributed by atoms with Crippen LogP contribution in [0.15, 0.2) is 37.9 Å². The number of oxazole rings is 1. The van der Waals surface area contributed by atoms with Gasteiger partial charge in [0.15, 0.2) is 5.58 Å². The molecule has 4 heterocycles. The number of benzene rings is 1. The predicted molar refractivity (Wildman–Crippen MR) is 114 cm³/mol. The number of rotatable bonds is 5. The third-order valence-electron chi connectivity index (χ3n) is 6.82. The highest BCUT2D eigenvalue weighted by molar-refractivity contribution is 5.79. The van der Waals surface area contributed by atoms with Crippen LogP contribution in [-0.2, 0) is 22.7 Å². The number of nitrogens with zero attached hydrogens (tertiary/aromatic N) is 5. The number of para-hydroxylation sites is 2. The molecule has 1 amide bonds. The van der Waals surface area contributed by atoms with E-state index in [9.17, 15) is 9.59 Å². The Kier molecular flexibility index (Phi) is 5.34. The second kappa shape index (κ2) is 8.18. The molecule has 3 aromatic rings. The summed E-state index contributed by atoms with van der Waals surface area (Å²) in [5, 5.41) is 8.28. The van der Waals surface area contributed by atoms with Crippen molar-refractivity contribution in [3.63, 3.8) is 0 Å². The summed E-state index contributed by atoms with van der Waals surface area (Å²) in [6.07, 6.45) is 2.73. The molecule has 170 valence electrons. The maximum atomic E-state index is 12.9. The van der Waals surface area contributed by atoms with Gasteiger partial charge in [-0.25, -0.2) is 4.79 Å². The van der Waals surface area contributed by atoms with Gasteiger partial charge in [-0.1, -0.05) is 12.1 Å². The van der Waals surface area contributed by atoms with E-state index in [4.69, 9.17) is 13.6 Å². The van der Waals surface area contributed by atoms with Crippen molar-refractivity contribution in [1.82, 2.24) is 24.6 Å². The Morgan fingerprint density at radius 1 is 1.22 bits per heavy atom. The maximum Gasteiger partial charge on any atom is 0.420 e. The van der Waals surface area contributed by atoms with Crippen LogP contribution in [0.1, 0.15) is 37.1 Å². The summed E-state index contributed by atoms with van der Waals surface area (Å²) in [5.41, 5.74) is 1.26. The number of carbonyl (C=O) groups excluding carboxylic acids is 1.